The van der Waals surface area contributed by atoms with Crippen LogP contribution < -0.4 is 16.6 Å². The molecule has 0 aliphatic heterocycles. The number of fused-ring (bicyclic) bond motifs is 1. The molecule has 0 atom stereocenters. The molecule has 2 aromatic heterocycles. The summed E-state index contributed by atoms with van der Waals surface area (Å²) in [5.41, 5.74) is 0.825. The van der Waals surface area contributed by atoms with E-state index in [-0.39, 0.29) is 11.3 Å². The minimum Gasteiger partial charge on any atom is -0.508 e. The number of aromatic nitrogens is 4. The van der Waals surface area contributed by atoms with Crippen molar-refractivity contribution in [2.45, 2.75) is 44.7 Å². The second-order valence-electron chi connectivity index (χ2n) is 7.55. The van der Waals surface area contributed by atoms with Gasteiger partial charge in [-0.05, 0) is 30.5 Å². The van der Waals surface area contributed by atoms with Crippen LogP contribution in [0.3, 0.4) is 0 Å². The lowest BCUT2D eigenvalue weighted by atomic mass is 9.96. The Hall–Kier alpha value is -3.03. The highest BCUT2D eigenvalue weighted by Crippen LogP contribution is 2.24. The van der Waals surface area contributed by atoms with E-state index in [2.05, 4.69) is 10.3 Å². The quantitative estimate of drug-likeness (QED) is 0.718. The Labute approximate surface area is 162 Å². The van der Waals surface area contributed by atoms with Gasteiger partial charge in [0.2, 0.25) is 5.95 Å². The zero-order valence-corrected chi connectivity index (χ0v) is 16.2. The third-order valence-electron chi connectivity index (χ3n) is 5.54. The smallest absolute Gasteiger partial charge is 0.332 e. The predicted molar refractivity (Wildman–Crippen MR) is 108 cm³/mol. The van der Waals surface area contributed by atoms with Crippen LogP contribution in [0, 0.1) is 0 Å². The molecule has 8 nitrogen and oxygen atoms in total. The zero-order chi connectivity index (χ0) is 19.8. The molecule has 0 amide bonds. The fourth-order valence-corrected chi connectivity index (χ4v) is 3.98. The molecule has 28 heavy (non-hydrogen) atoms. The van der Waals surface area contributed by atoms with E-state index in [1.807, 2.05) is 10.6 Å². The number of nitrogens with one attached hydrogen (secondary N) is 1. The van der Waals surface area contributed by atoms with Crippen LogP contribution >= 0.6 is 0 Å². The second kappa shape index (κ2) is 7.18. The number of nitrogens with zero attached hydrogens (tertiary/aromatic N) is 4. The average Bonchev–Trinajstić information content (AvgIpc) is 3.03. The summed E-state index contributed by atoms with van der Waals surface area (Å²) in [6.45, 7) is 0.368. The van der Waals surface area contributed by atoms with E-state index < -0.39 is 5.69 Å². The number of anilines is 1. The molecule has 1 aliphatic rings. The molecule has 1 saturated carbocycles. The van der Waals surface area contributed by atoms with Crippen molar-refractivity contribution in [2.75, 3.05) is 5.32 Å². The zero-order valence-electron chi connectivity index (χ0n) is 16.2. The molecule has 1 aromatic carbocycles. The number of imidazole rings is 1. The summed E-state index contributed by atoms with van der Waals surface area (Å²) < 4.78 is 4.33. The molecule has 148 valence electrons. The van der Waals surface area contributed by atoms with Crippen LogP contribution in [-0.4, -0.2) is 29.8 Å². The first-order valence-electron chi connectivity index (χ1n) is 9.66. The van der Waals surface area contributed by atoms with Gasteiger partial charge in [0.05, 0.1) is 6.54 Å². The maximum absolute atomic E-state index is 12.9. The lowest BCUT2D eigenvalue weighted by Gasteiger charge is -2.23. The summed E-state index contributed by atoms with van der Waals surface area (Å²) in [6, 6.07) is 7.24. The molecule has 8 heteroatoms. The highest BCUT2D eigenvalue weighted by molar-refractivity contribution is 5.74. The molecule has 0 spiro atoms. The number of aryl methyl sites for hydroxylation is 1. The minimum absolute atomic E-state index is 0.170. The molecule has 2 heterocycles. The van der Waals surface area contributed by atoms with Gasteiger partial charge in [-0.1, -0.05) is 31.4 Å². The molecule has 0 bridgehead atoms. The first-order valence-corrected chi connectivity index (χ1v) is 9.66. The average molecular weight is 383 g/mol. The second-order valence-corrected chi connectivity index (χ2v) is 7.55. The van der Waals surface area contributed by atoms with Gasteiger partial charge in [0.25, 0.3) is 5.56 Å². The Balaban J connectivity index is 1.88. The third-order valence-corrected chi connectivity index (χ3v) is 5.54. The minimum atomic E-state index is -0.399. The van der Waals surface area contributed by atoms with E-state index in [0.717, 1.165) is 23.0 Å². The van der Waals surface area contributed by atoms with E-state index in [4.69, 9.17) is 0 Å². The molecule has 0 unspecified atom stereocenters. The number of hydrogen-bond donors (Lipinski definition) is 2. The SMILES string of the molecule is Cn1c(=O)c2c(nc(NC3CCCCC3)n2Cc2cccc(O)c2)n(C)c1=O. The molecule has 1 fully saturated rings. The van der Waals surface area contributed by atoms with Gasteiger partial charge in [-0.2, -0.15) is 4.98 Å². The van der Waals surface area contributed by atoms with Crippen molar-refractivity contribution in [3.63, 3.8) is 0 Å². The van der Waals surface area contributed by atoms with Crippen LogP contribution in [0.5, 0.6) is 5.75 Å². The summed E-state index contributed by atoms with van der Waals surface area (Å²) in [7, 11) is 3.10. The van der Waals surface area contributed by atoms with Crippen LogP contribution in [0.1, 0.15) is 37.7 Å². The highest BCUT2D eigenvalue weighted by atomic mass is 16.3. The van der Waals surface area contributed by atoms with Gasteiger partial charge in [0, 0.05) is 20.1 Å². The number of phenols is 1. The fourth-order valence-electron chi connectivity index (χ4n) is 3.98. The maximum Gasteiger partial charge on any atom is 0.332 e. The van der Waals surface area contributed by atoms with Crippen molar-refractivity contribution in [2.24, 2.45) is 14.1 Å². The Morgan fingerprint density at radius 3 is 2.61 bits per heavy atom. The van der Waals surface area contributed by atoms with Crippen LogP contribution in [0.4, 0.5) is 5.95 Å². The molecular weight excluding hydrogens is 358 g/mol. The summed E-state index contributed by atoms with van der Waals surface area (Å²) in [5.74, 6) is 0.757. The van der Waals surface area contributed by atoms with Crippen molar-refractivity contribution in [1.82, 2.24) is 18.7 Å². The Bertz CT molecular complexity index is 1140. The van der Waals surface area contributed by atoms with Gasteiger partial charge in [0.1, 0.15) is 5.75 Å². The normalized spacial score (nSPS) is 15.2. The molecule has 0 radical (unpaired) electrons. The Morgan fingerprint density at radius 2 is 1.89 bits per heavy atom. The van der Waals surface area contributed by atoms with Gasteiger partial charge in [-0.25, -0.2) is 4.79 Å². The Kier molecular flexibility index (Phi) is 4.70. The number of rotatable bonds is 4. The molecular formula is C20H25N5O3. The standard InChI is InChI=1S/C20H25N5O3/c1-23-17-16(18(27)24(2)20(23)28)25(12-13-7-6-10-15(26)11-13)19(22-17)21-14-8-4-3-5-9-14/h6-7,10-11,14,26H,3-5,8-9,12H2,1-2H3,(H,21,22). The number of benzene rings is 1. The summed E-state index contributed by atoms with van der Waals surface area (Å²) in [5, 5.41) is 13.3. The van der Waals surface area contributed by atoms with Gasteiger partial charge >= 0.3 is 5.69 Å². The molecule has 3 aromatic rings. The first kappa shape index (κ1) is 18.3. The van der Waals surface area contributed by atoms with Crippen LogP contribution in [0.15, 0.2) is 33.9 Å². The van der Waals surface area contributed by atoms with Gasteiger partial charge in [-0.15, -0.1) is 0 Å². The molecule has 2 N–H and O–H groups in total. The Morgan fingerprint density at radius 1 is 1.14 bits per heavy atom. The number of phenolic OH excluding ortho intramolecular Hbond substituents is 1. The van der Waals surface area contributed by atoms with Crippen molar-refractivity contribution in [3.05, 3.63) is 50.7 Å². The number of aromatic hydroxyl groups is 1. The molecule has 4 rings (SSSR count). The lowest BCUT2D eigenvalue weighted by molar-refractivity contribution is 0.459. The van der Waals surface area contributed by atoms with Crippen LogP contribution in [0.25, 0.3) is 11.2 Å². The fraction of sp³-hybridized carbons (Fsp3) is 0.450. The van der Waals surface area contributed by atoms with E-state index >= 15 is 0 Å². The van der Waals surface area contributed by atoms with Gasteiger partial charge < -0.3 is 10.4 Å². The predicted octanol–water partition coefficient (Wildman–Crippen LogP) is 1.93. The third kappa shape index (κ3) is 3.19. The van der Waals surface area contributed by atoms with Crippen molar-refractivity contribution < 1.29 is 5.11 Å². The van der Waals surface area contributed by atoms with Gasteiger partial charge in [0.15, 0.2) is 11.2 Å². The van der Waals surface area contributed by atoms with E-state index in [9.17, 15) is 14.7 Å². The highest BCUT2D eigenvalue weighted by Gasteiger charge is 2.22. The summed E-state index contributed by atoms with van der Waals surface area (Å²) in [4.78, 5) is 29.9. The van der Waals surface area contributed by atoms with E-state index in [0.29, 0.717) is 29.7 Å². The topological polar surface area (TPSA) is 94.1 Å². The van der Waals surface area contributed by atoms with Gasteiger partial charge in [-0.3, -0.25) is 18.5 Å². The van der Waals surface area contributed by atoms with Crippen molar-refractivity contribution in [1.29, 1.82) is 0 Å². The van der Waals surface area contributed by atoms with E-state index in [1.165, 1.54) is 30.9 Å². The lowest BCUT2D eigenvalue weighted by Crippen LogP contribution is -2.37. The summed E-state index contributed by atoms with van der Waals surface area (Å²) in [6.07, 6.45) is 5.71. The number of hydrogen-bond acceptors (Lipinski definition) is 5. The van der Waals surface area contributed by atoms with Crippen LogP contribution in [-0.2, 0) is 20.6 Å². The summed E-state index contributed by atoms with van der Waals surface area (Å²) >= 11 is 0. The maximum atomic E-state index is 12.9. The van der Waals surface area contributed by atoms with Crippen molar-refractivity contribution in [3.8, 4) is 5.75 Å². The largest absolute Gasteiger partial charge is 0.508 e. The van der Waals surface area contributed by atoms with E-state index in [1.54, 1.807) is 25.2 Å². The molecule has 1 aliphatic carbocycles. The molecule has 0 saturated heterocycles. The monoisotopic (exact) mass is 383 g/mol. The van der Waals surface area contributed by atoms with Crippen LogP contribution in [0.2, 0.25) is 0 Å². The first-order chi connectivity index (χ1) is 13.5. The van der Waals surface area contributed by atoms with Crippen molar-refractivity contribution >= 4 is 17.1 Å².